The highest BCUT2D eigenvalue weighted by molar-refractivity contribution is 9.10. The van der Waals surface area contributed by atoms with Gasteiger partial charge in [-0.25, -0.2) is 4.68 Å². The van der Waals surface area contributed by atoms with Crippen molar-refractivity contribution in [1.29, 1.82) is 0 Å². The van der Waals surface area contributed by atoms with Gasteiger partial charge in [0.2, 0.25) is 5.91 Å². The van der Waals surface area contributed by atoms with Crippen LogP contribution in [0.3, 0.4) is 0 Å². The third-order valence-corrected chi connectivity index (χ3v) is 4.45. The van der Waals surface area contributed by atoms with E-state index in [4.69, 9.17) is 16.3 Å². The first-order chi connectivity index (χ1) is 12.5. The number of carbonyl (C=O) groups excluding carboxylic acids is 1. The number of ether oxygens (including phenoxy) is 1. The molecule has 2 heterocycles. The van der Waals surface area contributed by atoms with E-state index in [1.165, 1.54) is 0 Å². The average molecular weight is 439 g/mol. The van der Waals surface area contributed by atoms with E-state index in [-0.39, 0.29) is 19.1 Å². The molecule has 0 aliphatic heterocycles. The number of benzene rings is 1. The Bertz CT molecular complexity index is 871. The number of nitrogens with one attached hydrogen (secondary N) is 1. The van der Waals surface area contributed by atoms with Gasteiger partial charge in [-0.2, -0.15) is 10.2 Å². The Morgan fingerprint density at radius 1 is 1.27 bits per heavy atom. The van der Waals surface area contributed by atoms with E-state index in [2.05, 4.69) is 31.4 Å². The lowest BCUT2D eigenvalue weighted by Gasteiger charge is -2.06. The van der Waals surface area contributed by atoms with Gasteiger partial charge in [0, 0.05) is 23.6 Å². The molecule has 3 aromatic rings. The van der Waals surface area contributed by atoms with Gasteiger partial charge >= 0.3 is 0 Å². The summed E-state index contributed by atoms with van der Waals surface area (Å²) in [5.74, 6) is 0.616. The number of hydrogen-bond donors (Lipinski definition) is 1. The SMILES string of the molecule is Cc1nn(CCC(=O)Nc2cnn(COc3ccc(Br)cc3)c2)cc1Cl. The molecule has 0 bridgehead atoms. The minimum absolute atomic E-state index is 0.123. The van der Waals surface area contributed by atoms with Crippen LogP contribution >= 0.6 is 27.5 Å². The van der Waals surface area contributed by atoms with Gasteiger partial charge in [0.15, 0.2) is 6.73 Å². The number of rotatable bonds is 7. The summed E-state index contributed by atoms with van der Waals surface area (Å²) in [6.07, 6.45) is 5.29. The van der Waals surface area contributed by atoms with E-state index in [9.17, 15) is 4.79 Å². The maximum atomic E-state index is 12.0. The predicted octanol–water partition coefficient (Wildman–Crippen LogP) is 3.87. The highest BCUT2D eigenvalue weighted by Gasteiger charge is 2.07. The van der Waals surface area contributed by atoms with Crippen LogP contribution in [0.5, 0.6) is 5.75 Å². The zero-order valence-electron chi connectivity index (χ0n) is 14.0. The summed E-state index contributed by atoms with van der Waals surface area (Å²) in [5, 5.41) is 11.8. The number of nitrogens with zero attached hydrogens (tertiary/aromatic N) is 4. The molecule has 0 unspecified atom stereocenters. The molecule has 0 spiro atoms. The second kappa shape index (κ2) is 8.37. The fourth-order valence-electron chi connectivity index (χ4n) is 2.22. The molecule has 9 heteroatoms. The molecule has 0 saturated carbocycles. The van der Waals surface area contributed by atoms with Crippen LogP contribution in [0, 0.1) is 6.92 Å². The van der Waals surface area contributed by atoms with Crippen molar-refractivity contribution in [3.8, 4) is 5.75 Å². The van der Waals surface area contributed by atoms with E-state index in [0.717, 1.165) is 15.9 Å². The molecule has 0 atom stereocenters. The normalized spacial score (nSPS) is 10.7. The minimum Gasteiger partial charge on any atom is -0.471 e. The van der Waals surface area contributed by atoms with Crippen molar-refractivity contribution in [2.24, 2.45) is 0 Å². The van der Waals surface area contributed by atoms with Crippen LogP contribution in [0.2, 0.25) is 5.02 Å². The van der Waals surface area contributed by atoms with E-state index in [0.29, 0.717) is 17.3 Å². The third-order valence-electron chi connectivity index (χ3n) is 3.55. The summed E-state index contributed by atoms with van der Waals surface area (Å²) in [6, 6.07) is 7.52. The first-order valence-electron chi connectivity index (χ1n) is 7.90. The van der Waals surface area contributed by atoms with Crippen LogP contribution in [-0.4, -0.2) is 25.5 Å². The summed E-state index contributed by atoms with van der Waals surface area (Å²) in [6.45, 7) is 2.53. The monoisotopic (exact) mass is 437 g/mol. The molecule has 26 heavy (non-hydrogen) atoms. The smallest absolute Gasteiger partial charge is 0.226 e. The molecule has 0 saturated heterocycles. The van der Waals surface area contributed by atoms with Gasteiger partial charge < -0.3 is 10.1 Å². The minimum atomic E-state index is -0.123. The maximum absolute atomic E-state index is 12.0. The number of aromatic nitrogens is 4. The molecule has 2 aromatic heterocycles. The highest BCUT2D eigenvalue weighted by Crippen LogP contribution is 2.17. The molecule has 1 amide bonds. The van der Waals surface area contributed by atoms with E-state index in [1.807, 2.05) is 31.2 Å². The summed E-state index contributed by atoms with van der Waals surface area (Å²) >= 11 is 9.32. The lowest BCUT2D eigenvalue weighted by Crippen LogP contribution is -2.14. The highest BCUT2D eigenvalue weighted by atomic mass is 79.9. The molecular formula is C17H17BrClN5O2. The summed E-state index contributed by atoms with van der Waals surface area (Å²) in [4.78, 5) is 12.0. The number of amides is 1. The summed E-state index contributed by atoms with van der Waals surface area (Å²) in [5.41, 5.74) is 1.36. The number of hydrogen-bond acceptors (Lipinski definition) is 4. The number of halogens is 2. The van der Waals surface area contributed by atoms with Gasteiger partial charge in [-0.05, 0) is 31.2 Å². The fourth-order valence-corrected chi connectivity index (χ4v) is 2.63. The van der Waals surface area contributed by atoms with E-state index in [1.54, 1.807) is 28.0 Å². The molecule has 136 valence electrons. The van der Waals surface area contributed by atoms with Crippen LogP contribution in [0.1, 0.15) is 12.1 Å². The second-order valence-electron chi connectivity index (χ2n) is 5.62. The van der Waals surface area contributed by atoms with Crippen LogP contribution in [0.4, 0.5) is 5.69 Å². The summed E-state index contributed by atoms with van der Waals surface area (Å²) in [7, 11) is 0. The van der Waals surface area contributed by atoms with Gasteiger partial charge in [0.05, 0.1) is 28.8 Å². The van der Waals surface area contributed by atoms with Crippen molar-refractivity contribution in [3.05, 3.63) is 58.0 Å². The first-order valence-corrected chi connectivity index (χ1v) is 9.07. The van der Waals surface area contributed by atoms with Crippen LogP contribution in [0.15, 0.2) is 47.3 Å². The average Bonchev–Trinajstić information content (AvgIpc) is 3.19. The third kappa shape index (κ3) is 5.09. The molecule has 7 nitrogen and oxygen atoms in total. The molecule has 0 fully saturated rings. The van der Waals surface area contributed by atoms with Crippen molar-refractivity contribution in [1.82, 2.24) is 19.6 Å². The lowest BCUT2D eigenvalue weighted by molar-refractivity contribution is -0.116. The Morgan fingerprint density at radius 2 is 2.04 bits per heavy atom. The molecule has 1 aromatic carbocycles. The first kappa shape index (κ1) is 18.5. The van der Waals surface area contributed by atoms with Gasteiger partial charge in [-0.15, -0.1) is 0 Å². The predicted molar refractivity (Wildman–Crippen MR) is 102 cm³/mol. The quantitative estimate of drug-likeness (QED) is 0.608. The zero-order chi connectivity index (χ0) is 18.5. The van der Waals surface area contributed by atoms with Crippen molar-refractivity contribution >= 4 is 39.1 Å². The number of anilines is 1. The van der Waals surface area contributed by atoms with Crippen molar-refractivity contribution in [2.45, 2.75) is 26.6 Å². The Labute approximate surface area is 164 Å². The Balaban J connectivity index is 1.46. The molecule has 0 radical (unpaired) electrons. The summed E-state index contributed by atoms with van der Waals surface area (Å²) < 4.78 is 9.88. The van der Waals surface area contributed by atoms with Crippen LogP contribution in [-0.2, 0) is 18.1 Å². The molecule has 0 aliphatic carbocycles. The van der Waals surface area contributed by atoms with E-state index < -0.39 is 0 Å². The zero-order valence-corrected chi connectivity index (χ0v) is 16.4. The van der Waals surface area contributed by atoms with Gasteiger partial charge in [-0.3, -0.25) is 9.48 Å². The lowest BCUT2D eigenvalue weighted by atomic mass is 10.3. The Kier molecular flexibility index (Phi) is 5.95. The van der Waals surface area contributed by atoms with Crippen LogP contribution < -0.4 is 10.1 Å². The van der Waals surface area contributed by atoms with Crippen molar-refractivity contribution in [3.63, 3.8) is 0 Å². The van der Waals surface area contributed by atoms with Gasteiger partial charge in [0.25, 0.3) is 0 Å². The van der Waals surface area contributed by atoms with Crippen molar-refractivity contribution in [2.75, 3.05) is 5.32 Å². The fraction of sp³-hybridized carbons (Fsp3) is 0.235. The van der Waals surface area contributed by atoms with Gasteiger partial charge in [-0.1, -0.05) is 27.5 Å². The number of aryl methyl sites for hydroxylation is 2. The second-order valence-corrected chi connectivity index (χ2v) is 6.94. The Hall–Kier alpha value is -2.32. The molecular weight excluding hydrogens is 422 g/mol. The molecule has 3 rings (SSSR count). The standard InChI is InChI=1S/C17H17BrClN5O2/c1-12-16(19)10-23(22-12)7-6-17(25)21-14-8-20-24(9-14)11-26-15-4-2-13(18)3-5-15/h2-5,8-10H,6-7,11H2,1H3,(H,21,25). The Morgan fingerprint density at radius 3 is 2.73 bits per heavy atom. The van der Waals surface area contributed by atoms with Gasteiger partial charge in [0.1, 0.15) is 5.75 Å². The molecule has 0 aliphatic rings. The maximum Gasteiger partial charge on any atom is 0.226 e. The number of carbonyl (C=O) groups is 1. The topological polar surface area (TPSA) is 74.0 Å². The van der Waals surface area contributed by atoms with Crippen LogP contribution in [0.25, 0.3) is 0 Å². The largest absolute Gasteiger partial charge is 0.471 e. The molecule has 1 N–H and O–H groups in total. The van der Waals surface area contributed by atoms with Crippen molar-refractivity contribution < 1.29 is 9.53 Å². The van der Waals surface area contributed by atoms with E-state index >= 15 is 0 Å².